The minimum atomic E-state index is -0.354. The van der Waals surface area contributed by atoms with Crippen molar-refractivity contribution in [1.29, 1.82) is 5.26 Å². The summed E-state index contributed by atoms with van der Waals surface area (Å²) in [6, 6.07) is 15.6. The van der Waals surface area contributed by atoms with Crippen molar-refractivity contribution >= 4 is 34.7 Å². The molecular weight excluding hydrogens is 398 g/mol. The van der Waals surface area contributed by atoms with E-state index in [1.54, 1.807) is 48.5 Å². The van der Waals surface area contributed by atoms with E-state index in [1.165, 1.54) is 4.90 Å². The molecule has 0 radical (unpaired) electrons. The molecule has 2 atom stereocenters. The van der Waals surface area contributed by atoms with Gasteiger partial charge in [0.25, 0.3) is 11.8 Å². The largest absolute Gasteiger partial charge is 0.366 e. The van der Waals surface area contributed by atoms with Crippen molar-refractivity contribution in [3.63, 3.8) is 0 Å². The number of nitrogens with zero attached hydrogens (tertiary/aromatic N) is 3. The van der Waals surface area contributed by atoms with E-state index in [4.69, 9.17) is 16.9 Å². The van der Waals surface area contributed by atoms with E-state index in [0.717, 1.165) is 19.5 Å². The van der Waals surface area contributed by atoms with Crippen molar-refractivity contribution in [1.82, 2.24) is 4.90 Å². The number of carbonyl (C=O) groups excluding carboxylic acids is 2. The zero-order valence-electron chi connectivity index (χ0n) is 16.9. The molecule has 0 saturated carbocycles. The van der Waals surface area contributed by atoms with Gasteiger partial charge in [-0.15, -0.1) is 0 Å². The molecule has 6 heteroatoms. The molecule has 2 aromatic carbocycles. The standard InChI is InChI=1S/C24H22ClN3O2/c1-15-11-16(2)14-27(13-15)22-21(18-5-7-19(25)8-6-18)23(29)28(24(22)30)20-9-3-17(12-26)4-10-20/h3-10,15-16H,11,13-14H2,1-2H3. The Bertz CT molecular complexity index is 1060. The third-order valence-electron chi connectivity index (χ3n) is 5.63. The van der Waals surface area contributed by atoms with Gasteiger partial charge in [0.15, 0.2) is 0 Å². The van der Waals surface area contributed by atoms with Gasteiger partial charge < -0.3 is 4.90 Å². The molecule has 0 spiro atoms. The number of carbonyl (C=O) groups is 2. The third kappa shape index (κ3) is 3.59. The smallest absolute Gasteiger partial charge is 0.282 e. The van der Waals surface area contributed by atoms with Crippen LogP contribution in [0.25, 0.3) is 5.57 Å². The number of amides is 2. The number of anilines is 1. The molecule has 2 amide bonds. The van der Waals surface area contributed by atoms with Gasteiger partial charge in [0.2, 0.25) is 0 Å². The fourth-order valence-electron chi connectivity index (χ4n) is 4.45. The number of hydrogen-bond donors (Lipinski definition) is 0. The molecule has 0 aliphatic carbocycles. The van der Waals surface area contributed by atoms with E-state index in [2.05, 4.69) is 24.8 Å². The molecule has 0 aromatic heterocycles. The van der Waals surface area contributed by atoms with Gasteiger partial charge in [0.1, 0.15) is 5.70 Å². The summed E-state index contributed by atoms with van der Waals surface area (Å²) in [5.74, 6) is 0.183. The molecule has 2 aliphatic rings. The number of imide groups is 1. The lowest BCUT2D eigenvalue weighted by Gasteiger charge is -2.37. The first-order valence-corrected chi connectivity index (χ1v) is 10.4. The van der Waals surface area contributed by atoms with Gasteiger partial charge >= 0.3 is 0 Å². The van der Waals surface area contributed by atoms with E-state index in [0.29, 0.717) is 44.9 Å². The fourth-order valence-corrected chi connectivity index (χ4v) is 4.58. The highest BCUT2D eigenvalue weighted by atomic mass is 35.5. The van der Waals surface area contributed by atoms with Gasteiger partial charge in [-0.25, -0.2) is 4.90 Å². The van der Waals surface area contributed by atoms with E-state index < -0.39 is 0 Å². The van der Waals surface area contributed by atoms with E-state index in [9.17, 15) is 9.59 Å². The Labute approximate surface area is 181 Å². The van der Waals surface area contributed by atoms with Crippen molar-refractivity contribution in [3.05, 3.63) is 70.4 Å². The first-order valence-electron chi connectivity index (χ1n) is 10.0. The lowest BCUT2D eigenvalue weighted by molar-refractivity contribution is -0.120. The summed E-state index contributed by atoms with van der Waals surface area (Å²) >= 11 is 6.04. The molecule has 4 rings (SSSR count). The summed E-state index contributed by atoms with van der Waals surface area (Å²) in [7, 11) is 0. The molecule has 2 aliphatic heterocycles. The van der Waals surface area contributed by atoms with Crippen LogP contribution in [-0.2, 0) is 9.59 Å². The normalized spacial score (nSPS) is 21.9. The SMILES string of the molecule is CC1CC(C)CN(C2=C(c3ccc(Cl)cc3)C(=O)N(c3ccc(C#N)cc3)C2=O)C1. The Morgan fingerprint density at radius 3 is 2.10 bits per heavy atom. The molecule has 5 nitrogen and oxygen atoms in total. The number of halogens is 1. The third-order valence-corrected chi connectivity index (χ3v) is 5.88. The summed E-state index contributed by atoms with van der Waals surface area (Å²) in [5.41, 5.74) is 2.47. The highest BCUT2D eigenvalue weighted by molar-refractivity contribution is 6.45. The van der Waals surface area contributed by atoms with Gasteiger partial charge in [0, 0.05) is 18.1 Å². The first kappa shape index (κ1) is 20.2. The fraction of sp³-hybridized carbons (Fsp3) is 0.292. The van der Waals surface area contributed by atoms with Crippen molar-refractivity contribution in [3.8, 4) is 6.07 Å². The average molecular weight is 420 g/mol. The van der Waals surface area contributed by atoms with Gasteiger partial charge in [0.05, 0.1) is 22.9 Å². The topological polar surface area (TPSA) is 64.4 Å². The second kappa shape index (κ2) is 7.97. The van der Waals surface area contributed by atoms with Gasteiger partial charge in [-0.3, -0.25) is 9.59 Å². The number of likely N-dealkylation sites (tertiary alicyclic amines) is 1. The van der Waals surface area contributed by atoms with Crippen LogP contribution in [0, 0.1) is 23.2 Å². The zero-order valence-corrected chi connectivity index (χ0v) is 17.7. The van der Waals surface area contributed by atoms with Crippen molar-refractivity contribution in [2.45, 2.75) is 20.3 Å². The monoisotopic (exact) mass is 419 g/mol. The highest BCUT2D eigenvalue weighted by Gasteiger charge is 2.43. The van der Waals surface area contributed by atoms with Crippen molar-refractivity contribution < 1.29 is 9.59 Å². The Balaban J connectivity index is 1.81. The summed E-state index contributed by atoms with van der Waals surface area (Å²) in [4.78, 5) is 30.3. The van der Waals surface area contributed by atoms with E-state index in [-0.39, 0.29) is 11.8 Å². The molecule has 1 saturated heterocycles. The van der Waals surface area contributed by atoms with Crippen LogP contribution in [0.4, 0.5) is 5.69 Å². The molecule has 0 bridgehead atoms. The van der Waals surface area contributed by atoms with Crippen LogP contribution < -0.4 is 4.90 Å². The second-order valence-electron chi connectivity index (χ2n) is 8.19. The number of piperidine rings is 1. The van der Waals surface area contributed by atoms with Gasteiger partial charge in [-0.05, 0) is 60.2 Å². The summed E-state index contributed by atoms with van der Waals surface area (Å²) in [6.07, 6.45) is 1.10. The molecule has 1 fully saturated rings. The zero-order chi connectivity index (χ0) is 21.4. The maximum absolute atomic E-state index is 13.5. The molecule has 30 heavy (non-hydrogen) atoms. The average Bonchev–Trinajstić information content (AvgIpc) is 2.98. The van der Waals surface area contributed by atoms with Gasteiger partial charge in [-0.1, -0.05) is 37.6 Å². The lowest BCUT2D eigenvalue weighted by Crippen LogP contribution is -2.42. The quantitative estimate of drug-likeness (QED) is 0.688. The predicted molar refractivity (Wildman–Crippen MR) is 117 cm³/mol. The lowest BCUT2D eigenvalue weighted by atomic mass is 9.91. The van der Waals surface area contributed by atoms with E-state index in [1.807, 2.05) is 0 Å². The Kier molecular flexibility index (Phi) is 5.36. The van der Waals surface area contributed by atoms with Crippen LogP contribution in [0.3, 0.4) is 0 Å². The van der Waals surface area contributed by atoms with E-state index >= 15 is 0 Å². The van der Waals surface area contributed by atoms with Crippen molar-refractivity contribution in [2.75, 3.05) is 18.0 Å². The van der Waals surface area contributed by atoms with Gasteiger partial charge in [-0.2, -0.15) is 5.26 Å². The van der Waals surface area contributed by atoms with Crippen LogP contribution in [0.2, 0.25) is 5.02 Å². The molecular formula is C24H22ClN3O2. The van der Waals surface area contributed by atoms with Crippen LogP contribution in [0.1, 0.15) is 31.4 Å². The molecule has 0 N–H and O–H groups in total. The number of benzene rings is 2. The number of nitriles is 1. The second-order valence-corrected chi connectivity index (χ2v) is 8.62. The Morgan fingerprint density at radius 2 is 1.53 bits per heavy atom. The molecule has 2 heterocycles. The number of rotatable bonds is 3. The Morgan fingerprint density at radius 1 is 0.933 bits per heavy atom. The predicted octanol–water partition coefficient (Wildman–Crippen LogP) is 4.47. The van der Waals surface area contributed by atoms with Crippen molar-refractivity contribution in [2.24, 2.45) is 11.8 Å². The minimum absolute atomic E-state index is 0.323. The molecule has 2 aromatic rings. The molecule has 2 unspecified atom stereocenters. The Hall–Kier alpha value is -3.10. The maximum Gasteiger partial charge on any atom is 0.282 e. The maximum atomic E-state index is 13.5. The summed E-state index contributed by atoms with van der Waals surface area (Å²) in [6.45, 7) is 5.81. The van der Waals surface area contributed by atoms with Crippen LogP contribution in [-0.4, -0.2) is 29.8 Å². The minimum Gasteiger partial charge on any atom is -0.366 e. The highest BCUT2D eigenvalue weighted by Crippen LogP contribution is 2.37. The first-order chi connectivity index (χ1) is 14.4. The number of hydrogen-bond acceptors (Lipinski definition) is 4. The summed E-state index contributed by atoms with van der Waals surface area (Å²) in [5, 5.41) is 9.62. The summed E-state index contributed by atoms with van der Waals surface area (Å²) < 4.78 is 0. The molecule has 152 valence electrons. The van der Waals surface area contributed by atoms with Crippen LogP contribution >= 0.6 is 11.6 Å². The van der Waals surface area contributed by atoms with Crippen LogP contribution in [0.5, 0.6) is 0 Å². The van der Waals surface area contributed by atoms with Crippen LogP contribution in [0.15, 0.2) is 54.2 Å².